The van der Waals surface area contributed by atoms with Gasteiger partial charge in [0.2, 0.25) is 0 Å². The molecule has 1 heterocycles. The molecule has 0 N–H and O–H groups in total. The molecule has 1 aliphatic rings. The standard InChI is InChI=1S/C16H22ClNO/c1-2-3-6-15(19)13-10-8-12(9-11-13)14-5-4-7-16(17)18-14/h4-5,7,12-13H,2-3,6,8-11H2,1H3/t12-,13-. The molecular formula is C16H22ClNO. The van der Waals surface area contributed by atoms with Gasteiger partial charge in [0, 0.05) is 24.0 Å². The zero-order chi connectivity index (χ0) is 13.7. The highest BCUT2D eigenvalue weighted by atomic mass is 35.5. The number of aromatic nitrogens is 1. The molecule has 1 saturated carbocycles. The highest BCUT2D eigenvalue weighted by Crippen LogP contribution is 2.36. The summed E-state index contributed by atoms with van der Waals surface area (Å²) in [5.74, 6) is 1.25. The molecule has 2 nitrogen and oxygen atoms in total. The van der Waals surface area contributed by atoms with Crippen molar-refractivity contribution in [1.82, 2.24) is 4.98 Å². The molecule has 1 aromatic rings. The van der Waals surface area contributed by atoms with Gasteiger partial charge >= 0.3 is 0 Å². The van der Waals surface area contributed by atoms with Crippen molar-refractivity contribution in [3.8, 4) is 0 Å². The predicted molar refractivity (Wildman–Crippen MR) is 78.5 cm³/mol. The second-order valence-corrected chi connectivity index (χ2v) is 5.89. The van der Waals surface area contributed by atoms with Crippen molar-refractivity contribution in [2.75, 3.05) is 0 Å². The van der Waals surface area contributed by atoms with Gasteiger partial charge < -0.3 is 0 Å². The van der Waals surface area contributed by atoms with Crippen molar-refractivity contribution in [2.24, 2.45) is 5.92 Å². The van der Waals surface area contributed by atoms with Crippen molar-refractivity contribution < 1.29 is 4.79 Å². The maximum Gasteiger partial charge on any atom is 0.135 e. The minimum atomic E-state index is 0.294. The maximum atomic E-state index is 12.0. The summed E-state index contributed by atoms with van der Waals surface area (Å²) in [4.78, 5) is 16.4. The van der Waals surface area contributed by atoms with Crippen LogP contribution >= 0.6 is 11.6 Å². The lowest BCUT2D eigenvalue weighted by Gasteiger charge is -2.27. The lowest BCUT2D eigenvalue weighted by molar-refractivity contribution is -0.124. The van der Waals surface area contributed by atoms with E-state index >= 15 is 0 Å². The summed E-state index contributed by atoms with van der Waals surface area (Å²) in [6.07, 6.45) is 7.07. The maximum absolute atomic E-state index is 12.0. The van der Waals surface area contributed by atoms with Crippen LogP contribution < -0.4 is 0 Å². The molecule has 0 amide bonds. The lowest BCUT2D eigenvalue weighted by Crippen LogP contribution is -2.21. The van der Waals surface area contributed by atoms with E-state index in [1.54, 1.807) is 0 Å². The number of nitrogens with zero attached hydrogens (tertiary/aromatic N) is 1. The number of hydrogen-bond acceptors (Lipinski definition) is 2. The molecule has 0 spiro atoms. The number of rotatable bonds is 5. The average Bonchev–Trinajstić information content (AvgIpc) is 2.45. The topological polar surface area (TPSA) is 30.0 Å². The van der Waals surface area contributed by atoms with Crippen LogP contribution in [-0.4, -0.2) is 10.8 Å². The molecule has 0 saturated heterocycles. The van der Waals surface area contributed by atoms with E-state index in [2.05, 4.69) is 18.0 Å². The van der Waals surface area contributed by atoms with Crippen LogP contribution in [0.1, 0.15) is 63.5 Å². The second kappa shape index (κ2) is 7.04. The molecular weight excluding hydrogens is 258 g/mol. The molecule has 2 rings (SSSR count). The third-order valence-corrected chi connectivity index (χ3v) is 4.32. The van der Waals surface area contributed by atoms with Gasteiger partial charge in [0.1, 0.15) is 10.9 Å². The van der Waals surface area contributed by atoms with Crippen LogP contribution in [0.3, 0.4) is 0 Å². The van der Waals surface area contributed by atoms with E-state index in [1.807, 2.05) is 12.1 Å². The number of hydrogen-bond donors (Lipinski definition) is 0. The quantitative estimate of drug-likeness (QED) is 0.727. The number of carbonyl (C=O) groups excluding carboxylic acids is 1. The summed E-state index contributed by atoms with van der Waals surface area (Å²) in [5, 5.41) is 0.568. The molecule has 0 radical (unpaired) electrons. The van der Waals surface area contributed by atoms with E-state index in [1.165, 1.54) is 0 Å². The van der Waals surface area contributed by atoms with E-state index in [9.17, 15) is 4.79 Å². The van der Waals surface area contributed by atoms with Crippen LogP contribution in [0.25, 0.3) is 0 Å². The SMILES string of the molecule is CCCCC(=O)[C@H]1CC[C@H](c2cccc(Cl)n2)CC1. The molecule has 3 heteroatoms. The normalized spacial score (nSPS) is 23.3. The first kappa shape index (κ1) is 14.5. The minimum Gasteiger partial charge on any atom is -0.299 e. The summed E-state index contributed by atoms with van der Waals surface area (Å²) >= 11 is 5.94. The number of carbonyl (C=O) groups is 1. The van der Waals surface area contributed by atoms with Gasteiger partial charge in [-0.3, -0.25) is 4.79 Å². The molecule has 19 heavy (non-hydrogen) atoms. The number of ketones is 1. The molecule has 1 aliphatic carbocycles. The number of Topliss-reactive ketones (excluding diaryl/α,β-unsaturated/α-hetero) is 1. The smallest absolute Gasteiger partial charge is 0.135 e. The number of pyridine rings is 1. The van der Waals surface area contributed by atoms with Crippen molar-refractivity contribution in [2.45, 2.75) is 57.8 Å². The Bertz CT molecular complexity index is 425. The van der Waals surface area contributed by atoms with Gasteiger partial charge in [-0.25, -0.2) is 4.98 Å². The Morgan fingerprint density at radius 3 is 2.68 bits per heavy atom. The fourth-order valence-electron chi connectivity index (χ4n) is 2.92. The number of unbranched alkanes of at least 4 members (excludes halogenated alkanes) is 1. The molecule has 1 fully saturated rings. The van der Waals surface area contributed by atoms with Gasteiger partial charge in [0.15, 0.2) is 0 Å². The second-order valence-electron chi connectivity index (χ2n) is 5.50. The van der Waals surface area contributed by atoms with Gasteiger partial charge in [0.05, 0.1) is 0 Å². The first-order chi connectivity index (χ1) is 9.20. The van der Waals surface area contributed by atoms with Crippen LogP contribution in [-0.2, 0) is 4.79 Å². The van der Waals surface area contributed by atoms with E-state index in [-0.39, 0.29) is 0 Å². The Kier molecular flexibility index (Phi) is 5.38. The predicted octanol–water partition coefficient (Wildman–Crippen LogP) is 4.77. The van der Waals surface area contributed by atoms with Crippen molar-refractivity contribution in [3.63, 3.8) is 0 Å². The average molecular weight is 280 g/mol. The Morgan fingerprint density at radius 1 is 1.32 bits per heavy atom. The molecule has 1 aromatic heterocycles. The summed E-state index contributed by atoms with van der Waals surface area (Å²) in [6.45, 7) is 2.13. The highest BCUT2D eigenvalue weighted by Gasteiger charge is 2.27. The zero-order valence-corrected chi connectivity index (χ0v) is 12.3. The first-order valence-electron chi connectivity index (χ1n) is 7.36. The minimum absolute atomic E-state index is 0.294. The van der Waals surface area contributed by atoms with Crippen LogP contribution in [0.4, 0.5) is 0 Å². The molecule has 0 bridgehead atoms. The van der Waals surface area contributed by atoms with E-state index in [0.29, 0.717) is 22.8 Å². The Balaban J connectivity index is 1.87. The Morgan fingerprint density at radius 2 is 2.05 bits per heavy atom. The summed E-state index contributed by atoms with van der Waals surface area (Å²) in [6, 6.07) is 5.82. The Labute approximate surface area is 120 Å². The van der Waals surface area contributed by atoms with Gasteiger partial charge in [-0.2, -0.15) is 0 Å². The van der Waals surface area contributed by atoms with Crippen LogP contribution in [0.2, 0.25) is 5.15 Å². The lowest BCUT2D eigenvalue weighted by atomic mass is 9.78. The van der Waals surface area contributed by atoms with E-state index < -0.39 is 0 Å². The Hall–Kier alpha value is -0.890. The van der Waals surface area contributed by atoms with Gasteiger partial charge in [-0.05, 0) is 44.2 Å². The van der Waals surface area contributed by atoms with Gasteiger partial charge in [-0.15, -0.1) is 0 Å². The van der Waals surface area contributed by atoms with E-state index in [0.717, 1.165) is 50.6 Å². The summed E-state index contributed by atoms with van der Waals surface area (Å²) in [7, 11) is 0. The monoisotopic (exact) mass is 279 g/mol. The summed E-state index contributed by atoms with van der Waals surface area (Å²) in [5.41, 5.74) is 1.09. The van der Waals surface area contributed by atoms with E-state index in [4.69, 9.17) is 11.6 Å². The van der Waals surface area contributed by atoms with Crippen LogP contribution in [0.5, 0.6) is 0 Å². The van der Waals surface area contributed by atoms with Crippen molar-refractivity contribution in [3.05, 3.63) is 29.0 Å². The fourth-order valence-corrected chi connectivity index (χ4v) is 3.09. The fraction of sp³-hybridized carbons (Fsp3) is 0.625. The molecule has 0 aliphatic heterocycles. The molecule has 0 aromatic carbocycles. The van der Waals surface area contributed by atoms with Gasteiger partial charge in [-0.1, -0.05) is 31.0 Å². The molecule has 104 valence electrons. The third kappa shape index (κ3) is 4.04. The van der Waals surface area contributed by atoms with Crippen molar-refractivity contribution in [1.29, 1.82) is 0 Å². The third-order valence-electron chi connectivity index (χ3n) is 4.11. The molecule has 0 unspecified atom stereocenters. The van der Waals surface area contributed by atoms with Crippen LogP contribution in [0.15, 0.2) is 18.2 Å². The van der Waals surface area contributed by atoms with Gasteiger partial charge in [0.25, 0.3) is 0 Å². The first-order valence-corrected chi connectivity index (χ1v) is 7.73. The highest BCUT2D eigenvalue weighted by molar-refractivity contribution is 6.29. The number of halogens is 1. The molecule has 0 atom stereocenters. The largest absolute Gasteiger partial charge is 0.299 e. The summed E-state index contributed by atoms with van der Waals surface area (Å²) < 4.78 is 0. The van der Waals surface area contributed by atoms with Crippen molar-refractivity contribution >= 4 is 17.4 Å². The zero-order valence-electron chi connectivity index (χ0n) is 11.6. The van der Waals surface area contributed by atoms with Crippen LogP contribution in [0, 0.1) is 5.92 Å².